The Morgan fingerprint density at radius 1 is 1.09 bits per heavy atom. The zero-order valence-corrected chi connectivity index (χ0v) is 14.5. The Morgan fingerprint density at radius 3 is 2.22 bits per heavy atom. The van der Waals surface area contributed by atoms with E-state index in [2.05, 4.69) is 10.0 Å². The number of hydrogen-bond donors (Lipinski definition) is 2. The van der Waals surface area contributed by atoms with E-state index in [1.807, 2.05) is 6.92 Å². The molecule has 1 amide bonds. The van der Waals surface area contributed by atoms with Crippen LogP contribution >= 0.6 is 0 Å². The Kier molecular flexibility index (Phi) is 7.84. The normalized spacial score (nSPS) is 11.1. The first-order valence-corrected chi connectivity index (χ1v) is 9.05. The molecule has 1 aromatic carbocycles. The highest BCUT2D eigenvalue weighted by atomic mass is 32.2. The van der Waals surface area contributed by atoms with E-state index >= 15 is 0 Å². The minimum atomic E-state index is -3.37. The van der Waals surface area contributed by atoms with Crippen LogP contribution in [0.1, 0.15) is 30.1 Å². The molecule has 0 spiro atoms. The highest BCUT2D eigenvalue weighted by Crippen LogP contribution is 2.22. The van der Waals surface area contributed by atoms with E-state index in [0.717, 1.165) is 12.8 Å². The second kappa shape index (κ2) is 9.36. The molecule has 0 aromatic heterocycles. The molecular formula is C15H24N2O5S. The number of methoxy groups -OCH3 is 2. The predicted molar refractivity (Wildman–Crippen MR) is 88.6 cm³/mol. The fraction of sp³-hybridized carbons (Fsp3) is 0.533. The van der Waals surface area contributed by atoms with Gasteiger partial charge < -0.3 is 14.8 Å². The molecule has 0 fully saturated rings. The lowest BCUT2D eigenvalue weighted by atomic mass is 10.2. The molecule has 0 aliphatic carbocycles. The molecule has 0 heterocycles. The molecule has 0 saturated carbocycles. The number of sulfonamides is 1. The Hall–Kier alpha value is -1.80. The van der Waals surface area contributed by atoms with Crippen LogP contribution in [0.4, 0.5) is 0 Å². The van der Waals surface area contributed by atoms with Crippen molar-refractivity contribution in [3.63, 3.8) is 0 Å². The van der Waals surface area contributed by atoms with Gasteiger partial charge in [-0.1, -0.05) is 13.3 Å². The Morgan fingerprint density at radius 2 is 1.70 bits per heavy atom. The van der Waals surface area contributed by atoms with Gasteiger partial charge in [-0.15, -0.1) is 0 Å². The molecule has 130 valence electrons. The molecular weight excluding hydrogens is 320 g/mol. The highest BCUT2D eigenvalue weighted by molar-refractivity contribution is 7.89. The van der Waals surface area contributed by atoms with Crippen molar-refractivity contribution in [2.75, 3.05) is 33.1 Å². The van der Waals surface area contributed by atoms with Gasteiger partial charge in [0.1, 0.15) is 11.5 Å². The van der Waals surface area contributed by atoms with Gasteiger partial charge >= 0.3 is 0 Å². The SMILES string of the molecule is CCCCNS(=O)(=O)CCNC(=O)c1cc(OC)cc(OC)c1. The third-order valence-electron chi connectivity index (χ3n) is 3.12. The number of unbranched alkanes of at least 4 members (excludes halogenated alkanes) is 1. The molecule has 0 saturated heterocycles. The van der Waals surface area contributed by atoms with Gasteiger partial charge in [-0.2, -0.15) is 0 Å². The maximum Gasteiger partial charge on any atom is 0.251 e. The first-order chi connectivity index (χ1) is 10.9. The second-order valence-corrected chi connectivity index (χ2v) is 6.85. The van der Waals surface area contributed by atoms with Crippen LogP contribution in [-0.4, -0.2) is 47.4 Å². The Bertz CT molecular complexity index is 594. The van der Waals surface area contributed by atoms with Crippen molar-refractivity contribution in [2.45, 2.75) is 19.8 Å². The molecule has 1 aromatic rings. The van der Waals surface area contributed by atoms with Gasteiger partial charge in [0.25, 0.3) is 5.91 Å². The smallest absolute Gasteiger partial charge is 0.251 e. The summed E-state index contributed by atoms with van der Waals surface area (Å²) in [5.41, 5.74) is 0.345. The molecule has 2 N–H and O–H groups in total. The third kappa shape index (κ3) is 6.87. The number of benzene rings is 1. The van der Waals surface area contributed by atoms with E-state index in [1.54, 1.807) is 18.2 Å². The third-order valence-corrected chi connectivity index (χ3v) is 4.51. The standard InChI is InChI=1S/C15H24N2O5S/c1-4-5-6-17-23(19,20)8-7-16-15(18)12-9-13(21-2)11-14(10-12)22-3/h9-11,17H,4-8H2,1-3H3,(H,16,18). The van der Waals surface area contributed by atoms with E-state index in [-0.39, 0.29) is 18.2 Å². The molecule has 0 atom stereocenters. The molecule has 8 heteroatoms. The quantitative estimate of drug-likeness (QED) is 0.621. The van der Waals surface area contributed by atoms with Crippen molar-refractivity contribution in [3.05, 3.63) is 23.8 Å². The monoisotopic (exact) mass is 344 g/mol. The summed E-state index contributed by atoms with van der Waals surface area (Å²) in [4.78, 5) is 12.1. The maximum absolute atomic E-state index is 12.1. The van der Waals surface area contributed by atoms with Crippen LogP contribution in [-0.2, 0) is 10.0 Å². The number of amides is 1. The fourth-order valence-electron chi connectivity index (χ4n) is 1.82. The average Bonchev–Trinajstić information content (AvgIpc) is 2.54. The van der Waals surface area contributed by atoms with Crippen molar-refractivity contribution in [1.82, 2.24) is 10.0 Å². The first-order valence-electron chi connectivity index (χ1n) is 7.40. The van der Waals surface area contributed by atoms with E-state index in [9.17, 15) is 13.2 Å². The minimum Gasteiger partial charge on any atom is -0.497 e. The summed E-state index contributed by atoms with van der Waals surface area (Å²) in [7, 11) is -0.389. The van der Waals surface area contributed by atoms with Gasteiger partial charge in [-0.25, -0.2) is 13.1 Å². The summed E-state index contributed by atoms with van der Waals surface area (Å²) >= 11 is 0. The van der Waals surface area contributed by atoms with Crippen molar-refractivity contribution in [3.8, 4) is 11.5 Å². The van der Waals surface area contributed by atoms with Crippen LogP contribution in [0, 0.1) is 0 Å². The van der Waals surface area contributed by atoms with Gasteiger partial charge in [0.05, 0.1) is 20.0 Å². The minimum absolute atomic E-state index is 0.0276. The van der Waals surface area contributed by atoms with Crippen molar-refractivity contribution in [2.24, 2.45) is 0 Å². The molecule has 23 heavy (non-hydrogen) atoms. The summed E-state index contributed by atoms with van der Waals surface area (Å²) in [6.07, 6.45) is 1.70. The summed E-state index contributed by atoms with van der Waals surface area (Å²) in [5, 5.41) is 2.58. The number of carbonyl (C=O) groups is 1. The van der Waals surface area contributed by atoms with Crippen LogP contribution < -0.4 is 19.5 Å². The van der Waals surface area contributed by atoms with Crippen molar-refractivity contribution >= 4 is 15.9 Å². The molecule has 0 aliphatic rings. The largest absolute Gasteiger partial charge is 0.497 e. The number of carbonyl (C=O) groups excluding carboxylic acids is 1. The first kappa shape index (κ1) is 19.2. The van der Waals surface area contributed by atoms with Gasteiger partial charge in [0.15, 0.2) is 0 Å². The Labute approximate surface area is 137 Å². The topological polar surface area (TPSA) is 93.7 Å². The molecule has 0 bridgehead atoms. The van der Waals surface area contributed by atoms with Crippen LogP contribution in [0.3, 0.4) is 0 Å². The number of ether oxygens (including phenoxy) is 2. The Balaban J connectivity index is 2.57. The van der Waals surface area contributed by atoms with E-state index in [4.69, 9.17) is 9.47 Å². The van der Waals surface area contributed by atoms with Crippen LogP contribution in [0.25, 0.3) is 0 Å². The molecule has 1 rings (SSSR count). The number of hydrogen-bond acceptors (Lipinski definition) is 5. The van der Waals surface area contributed by atoms with E-state index < -0.39 is 10.0 Å². The second-order valence-electron chi connectivity index (χ2n) is 4.92. The molecule has 0 aliphatic heterocycles. The van der Waals surface area contributed by atoms with Crippen molar-refractivity contribution < 1.29 is 22.7 Å². The van der Waals surface area contributed by atoms with Gasteiger partial charge in [-0.05, 0) is 18.6 Å². The maximum atomic E-state index is 12.1. The van der Waals surface area contributed by atoms with Gasteiger partial charge in [-0.3, -0.25) is 4.79 Å². The number of nitrogens with one attached hydrogen (secondary N) is 2. The average molecular weight is 344 g/mol. The lowest BCUT2D eigenvalue weighted by molar-refractivity contribution is 0.0955. The lowest BCUT2D eigenvalue weighted by Crippen LogP contribution is -2.34. The lowest BCUT2D eigenvalue weighted by Gasteiger charge is -2.10. The molecule has 0 unspecified atom stereocenters. The fourth-order valence-corrected chi connectivity index (χ4v) is 2.79. The number of rotatable bonds is 10. The van der Waals surface area contributed by atoms with Crippen LogP contribution in [0.5, 0.6) is 11.5 Å². The van der Waals surface area contributed by atoms with E-state index in [1.165, 1.54) is 14.2 Å². The summed E-state index contributed by atoms with van der Waals surface area (Å²) < 4.78 is 36.1. The zero-order valence-electron chi connectivity index (χ0n) is 13.7. The summed E-state index contributed by atoms with van der Waals surface area (Å²) in [6.45, 7) is 2.43. The van der Waals surface area contributed by atoms with Gasteiger partial charge in [0, 0.05) is 24.7 Å². The summed E-state index contributed by atoms with van der Waals surface area (Å²) in [6, 6.07) is 4.77. The van der Waals surface area contributed by atoms with E-state index in [0.29, 0.717) is 23.6 Å². The summed E-state index contributed by atoms with van der Waals surface area (Å²) in [5.74, 6) is 0.432. The highest BCUT2D eigenvalue weighted by Gasteiger charge is 2.12. The van der Waals surface area contributed by atoms with Crippen molar-refractivity contribution in [1.29, 1.82) is 0 Å². The van der Waals surface area contributed by atoms with Gasteiger partial charge in [0.2, 0.25) is 10.0 Å². The van der Waals surface area contributed by atoms with Crippen LogP contribution in [0.15, 0.2) is 18.2 Å². The zero-order chi connectivity index (χ0) is 17.3. The predicted octanol–water partition coefficient (Wildman–Crippen LogP) is 1.15. The molecule has 0 radical (unpaired) electrons. The molecule has 7 nitrogen and oxygen atoms in total. The van der Waals surface area contributed by atoms with Crippen LogP contribution in [0.2, 0.25) is 0 Å².